The molecule has 1 atom stereocenters. The van der Waals surface area contributed by atoms with E-state index < -0.39 is 5.97 Å². The summed E-state index contributed by atoms with van der Waals surface area (Å²) in [6.45, 7) is 5.26. The van der Waals surface area contributed by atoms with E-state index in [0.717, 1.165) is 31.6 Å². The average molecular weight is 254 g/mol. The van der Waals surface area contributed by atoms with E-state index in [2.05, 4.69) is 11.8 Å². The zero-order valence-electron chi connectivity index (χ0n) is 9.82. The first-order valence-electron chi connectivity index (χ1n) is 5.86. The van der Waals surface area contributed by atoms with Crippen LogP contribution in [0.1, 0.15) is 35.2 Å². The minimum atomic E-state index is -0.918. The predicted molar refractivity (Wildman–Crippen MR) is 67.9 cm³/mol. The predicted octanol–water partition coefficient (Wildman–Crippen LogP) is 2.85. The summed E-state index contributed by atoms with van der Waals surface area (Å²) in [6, 6.07) is 5.13. The zero-order valence-corrected chi connectivity index (χ0v) is 10.6. The van der Waals surface area contributed by atoms with Crippen molar-refractivity contribution in [3.05, 3.63) is 34.3 Å². The molecule has 1 aromatic rings. The maximum atomic E-state index is 11.0. The standard InChI is InChI=1S/C13H16ClNO2/c1-2-15-4-3-9(8-15)10-5-11(13(16)17)7-12(14)6-10/h5-7,9H,2-4,8H2,1H3,(H,16,17). The van der Waals surface area contributed by atoms with Gasteiger partial charge in [-0.3, -0.25) is 0 Å². The number of rotatable bonds is 3. The van der Waals surface area contributed by atoms with Crippen LogP contribution >= 0.6 is 11.6 Å². The molecule has 1 fully saturated rings. The summed E-state index contributed by atoms with van der Waals surface area (Å²) in [6.07, 6.45) is 1.08. The highest BCUT2D eigenvalue weighted by molar-refractivity contribution is 6.31. The first-order chi connectivity index (χ1) is 8.10. The molecule has 0 amide bonds. The summed E-state index contributed by atoms with van der Waals surface area (Å²) in [4.78, 5) is 13.3. The Morgan fingerprint density at radius 1 is 1.53 bits per heavy atom. The van der Waals surface area contributed by atoms with Crippen LogP contribution in [-0.2, 0) is 0 Å². The molecule has 1 aliphatic rings. The molecule has 2 rings (SSSR count). The Balaban J connectivity index is 2.24. The molecule has 4 heteroatoms. The fourth-order valence-corrected chi connectivity index (χ4v) is 2.61. The van der Waals surface area contributed by atoms with Crippen LogP contribution in [-0.4, -0.2) is 35.6 Å². The van der Waals surface area contributed by atoms with E-state index in [4.69, 9.17) is 16.7 Å². The van der Waals surface area contributed by atoms with Crippen LogP contribution in [0, 0.1) is 0 Å². The number of likely N-dealkylation sites (tertiary alicyclic amines) is 1. The molecule has 1 heterocycles. The van der Waals surface area contributed by atoms with Crippen LogP contribution < -0.4 is 0 Å². The molecule has 1 aromatic carbocycles. The molecule has 0 bridgehead atoms. The lowest BCUT2D eigenvalue weighted by molar-refractivity contribution is 0.0696. The molecule has 1 N–H and O–H groups in total. The van der Waals surface area contributed by atoms with E-state index in [1.165, 1.54) is 6.07 Å². The topological polar surface area (TPSA) is 40.5 Å². The van der Waals surface area contributed by atoms with Crippen LogP contribution in [0.25, 0.3) is 0 Å². The fourth-order valence-electron chi connectivity index (χ4n) is 2.36. The minimum absolute atomic E-state index is 0.280. The van der Waals surface area contributed by atoms with Crippen molar-refractivity contribution in [2.45, 2.75) is 19.3 Å². The normalized spacial score (nSPS) is 20.7. The van der Waals surface area contributed by atoms with Crippen molar-refractivity contribution in [1.29, 1.82) is 0 Å². The monoisotopic (exact) mass is 253 g/mol. The first-order valence-corrected chi connectivity index (χ1v) is 6.24. The van der Waals surface area contributed by atoms with E-state index >= 15 is 0 Å². The Morgan fingerprint density at radius 2 is 2.29 bits per heavy atom. The van der Waals surface area contributed by atoms with Gasteiger partial charge in [-0.05, 0) is 49.2 Å². The zero-order chi connectivity index (χ0) is 12.4. The number of carboxylic acid groups (broad SMARTS) is 1. The number of carbonyl (C=O) groups is 1. The van der Waals surface area contributed by atoms with E-state index in [-0.39, 0.29) is 5.56 Å². The summed E-state index contributed by atoms with van der Waals surface area (Å²) >= 11 is 5.97. The lowest BCUT2D eigenvalue weighted by Gasteiger charge is -2.14. The summed E-state index contributed by atoms with van der Waals surface area (Å²) in [5, 5.41) is 9.51. The van der Waals surface area contributed by atoms with Gasteiger partial charge in [-0.15, -0.1) is 0 Å². The lowest BCUT2D eigenvalue weighted by atomic mass is 9.96. The SMILES string of the molecule is CCN1CCC(c2cc(Cl)cc(C(=O)O)c2)C1. The molecular weight excluding hydrogens is 238 g/mol. The number of benzene rings is 1. The van der Waals surface area contributed by atoms with Crippen molar-refractivity contribution in [3.63, 3.8) is 0 Å². The van der Waals surface area contributed by atoms with Gasteiger partial charge in [0.2, 0.25) is 0 Å². The van der Waals surface area contributed by atoms with E-state index in [1.807, 2.05) is 6.07 Å². The molecule has 1 saturated heterocycles. The number of aromatic carboxylic acids is 1. The molecule has 0 aliphatic carbocycles. The number of halogens is 1. The second-order valence-electron chi connectivity index (χ2n) is 4.46. The van der Waals surface area contributed by atoms with Gasteiger partial charge >= 0.3 is 5.97 Å². The number of nitrogens with zero attached hydrogens (tertiary/aromatic N) is 1. The van der Waals surface area contributed by atoms with Crippen LogP contribution in [0.2, 0.25) is 5.02 Å². The van der Waals surface area contributed by atoms with Gasteiger partial charge in [0.05, 0.1) is 5.56 Å². The third kappa shape index (κ3) is 2.79. The van der Waals surface area contributed by atoms with Crippen molar-refractivity contribution >= 4 is 17.6 Å². The third-order valence-corrected chi connectivity index (χ3v) is 3.58. The average Bonchev–Trinajstić information content (AvgIpc) is 2.76. The maximum absolute atomic E-state index is 11.0. The van der Waals surface area contributed by atoms with E-state index in [9.17, 15) is 4.79 Å². The van der Waals surface area contributed by atoms with Gasteiger partial charge in [0.15, 0.2) is 0 Å². The van der Waals surface area contributed by atoms with Crippen molar-refractivity contribution in [3.8, 4) is 0 Å². The molecule has 1 unspecified atom stereocenters. The lowest BCUT2D eigenvalue weighted by Crippen LogP contribution is -2.19. The quantitative estimate of drug-likeness (QED) is 0.901. The second kappa shape index (κ2) is 5.07. The van der Waals surface area contributed by atoms with Gasteiger partial charge < -0.3 is 10.0 Å². The van der Waals surface area contributed by atoms with Gasteiger partial charge in [-0.25, -0.2) is 4.79 Å². The van der Waals surface area contributed by atoms with Crippen molar-refractivity contribution in [2.24, 2.45) is 0 Å². The summed E-state index contributed by atoms with van der Waals surface area (Å²) in [5.41, 5.74) is 1.33. The Morgan fingerprint density at radius 3 is 2.88 bits per heavy atom. The van der Waals surface area contributed by atoms with Crippen molar-refractivity contribution < 1.29 is 9.90 Å². The summed E-state index contributed by atoms with van der Waals surface area (Å²) in [7, 11) is 0. The number of carboxylic acids is 1. The van der Waals surface area contributed by atoms with Crippen molar-refractivity contribution in [1.82, 2.24) is 4.90 Å². The van der Waals surface area contributed by atoms with Gasteiger partial charge in [0.1, 0.15) is 0 Å². The molecule has 0 spiro atoms. The summed E-state index contributed by atoms with van der Waals surface area (Å²) in [5.74, 6) is -0.508. The van der Waals surface area contributed by atoms with Gasteiger partial charge in [0.25, 0.3) is 0 Å². The molecule has 0 aromatic heterocycles. The van der Waals surface area contributed by atoms with Crippen LogP contribution in [0.4, 0.5) is 0 Å². The van der Waals surface area contributed by atoms with Crippen LogP contribution in [0.15, 0.2) is 18.2 Å². The van der Waals surface area contributed by atoms with Gasteiger partial charge in [-0.2, -0.15) is 0 Å². The Bertz CT molecular complexity index is 433. The molecule has 3 nitrogen and oxygen atoms in total. The molecule has 1 aliphatic heterocycles. The smallest absolute Gasteiger partial charge is 0.335 e. The van der Waals surface area contributed by atoms with Crippen molar-refractivity contribution in [2.75, 3.05) is 19.6 Å². The van der Waals surface area contributed by atoms with E-state index in [1.54, 1.807) is 6.07 Å². The van der Waals surface area contributed by atoms with Gasteiger partial charge in [-0.1, -0.05) is 18.5 Å². The molecular formula is C13H16ClNO2. The highest BCUT2D eigenvalue weighted by Crippen LogP contribution is 2.29. The number of hydrogen-bond donors (Lipinski definition) is 1. The molecule has 92 valence electrons. The van der Waals surface area contributed by atoms with Crippen LogP contribution in [0.5, 0.6) is 0 Å². The first kappa shape index (κ1) is 12.4. The molecule has 0 radical (unpaired) electrons. The number of likely N-dealkylation sites (N-methyl/N-ethyl adjacent to an activating group) is 1. The molecule has 0 saturated carbocycles. The largest absolute Gasteiger partial charge is 0.478 e. The van der Waals surface area contributed by atoms with E-state index in [0.29, 0.717) is 10.9 Å². The van der Waals surface area contributed by atoms with Gasteiger partial charge in [0, 0.05) is 11.6 Å². The maximum Gasteiger partial charge on any atom is 0.335 e. The second-order valence-corrected chi connectivity index (χ2v) is 4.89. The Hall–Kier alpha value is -1.06. The highest BCUT2D eigenvalue weighted by atomic mass is 35.5. The minimum Gasteiger partial charge on any atom is -0.478 e. The molecule has 17 heavy (non-hydrogen) atoms. The third-order valence-electron chi connectivity index (χ3n) is 3.36. The fraction of sp³-hybridized carbons (Fsp3) is 0.462. The van der Waals surface area contributed by atoms with Crippen LogP contribution in [0.3, 0.4) is 0 Å². The Labute approximate surface area is 106 Å². The Kier molecular flexibility index (Phi) is 3.69. The summed E-state index contributed by atoms with van der Waals surface area (Å²) < 4.78 is 0. The number of hydrogen-bond acceptors (Lipinski definition) is 2. The highest BCUT2D eigenvalue weighted by Gasteiger charge is 2.23.